The molecule has 0 fully saturated rings. The summed E-state index contributed by atoms with van der Waals surface area (Å²) in [5, 5.41) is 8.71. The second kappa shape index (κ2) is 6.14. The van der Waals surface area contributed by atoms with Crippen molar-refractivity contribution in [2.24, 2.45) is 0 Å². The molecular weight excluding hydrogens is 274 g/mol. The third-order valence-electron chi connectivity index (χ3n) is 3.02. The highest BCUT2D eigenvalue weighted by atomic mass is 19.2. The zero-order chi connectivity index (χ0) is 15.4. The van der Waals surface area contributed by atoms with Crippen molar-refractivity contribution in [3.8, 4) is 6.07 Å². The van der Waals surface area contributed by atoms with Gasteiger partial charge in [-0.3, -0.25) is 4.79 Å². The Balaban J connectivity index is 2.11. The summed E-state index contributed by atoms with van der Waals surface area (Å²) in [4.78, 5) is 13.5. The van der Waals surface area contributed by atoms with Gasteiger partial charge in [-0.05, 0) is 35.9 Å². The van der Waals surface area contributed by atoms with Gasteiger partial charge in [-0.15, -0.1) is 0 Å². The molecule has 0 saturated heterocycles. The van der Waals surface area contributed by atoms with E-state index in [4.69, 9.17) is 5.26 Å². The predicted octanol–water partition coefficient (Wildman–Crippen LogP) is 3.11. The number of nitrogens with zero attached hydrogens (tertiary/aromatic N) is 2. The van der Waals surface area contributed by atoms with Gasteiger partial charge in [-0.2, -0.15) is 5.26 Å². The van der Waals surface area contributed by atoms with E-state index in [0.717, 1.165) is 17.7 Å². The fourth-order valence-electron chi connectivity index (χ4n) is 1.88. The second-order valence-corrected chi connectivity index (χ2v) is 4.60. The molecule has 0 N–H and O–H groups in total. The minimum absolute atomic E-state index is 0.0880. The minimum Gasteiger partial charge on any atom is -0.337 e. The molecule has 0 aromatic heterocycles. The number of nitriles is 1. The topological polar surface area (TPSA) is 44.1 Å². The first kappa shape index (κ1) is 14.7. The molecule has 0 unspecified atom stereocenters. The van der Waals surface area contributed by atoms with Gasteiger partial charge >= 0.3 is 0 Å². The summed E-state index contributed by atoms with van der Waals surface area (Å²) < 4.78 is 26.0. The third-order valence-corrected chi connectivity index (χ3v) is 3.02. The fraction of sp³-hybridized carbons (Fsp3) is 0.125. The van der Waals surface area contributed by atoms with Crippen molar-refractivity contribution in [1.29, 1.82) is 5.26 Å². The van der Waals surface area contributed by atoms with E-state index >= 15 is 0 Å². The molecule has 2 aromatic rings. The number of amides is 1. The van der Waals surface area contributed by atoms with E-state index in [-0.39, 0.29) is 5.56 Å². The molecule has 0 aliphatic carbocycles. The summed E-state index contributed by atoms with van der Waals surface area (Å²) in [5.74, 6) is -2.44. The van der Waals surface area contributed by atoms with Crippen LogP contribution in [-0.2, 0) is 6.54 Å². The highest BCUT2D eigenvalue weighted by Gasteiger charge is 2.14. The lowest BCUT2D eigenvalue weighted by molar-refractivity contribution is 0.0784. The monoisotopic (exact) mass is 286 g/mol. The van der Waals surface area contributed by atoms with Crippen LogP contribution in [0.1, 0.15) is 21.5 Å². The van der Waals surface area contributed by atoms with Gasteiger partial charge in [0.25, 0.3) is 5.91 Å². The van der Waals surface area contributed by atoms with Crippen molar-refractivity contribution in [3.05, 3.63) is 70.8 Å². The maximum absolute atomic E-state index is 13.1. The SMILES string of the molecule is CN(Cc1ccc(C#N)cc1)C(=O)c1ccc(F)c(F)c1. The summed E-state index contributed by atoms with van der Waals surface area (Å²) in [6.07, 6.45) is 0. The smallest absolute Gasteiger partial charge is 0.254 e. The van der Waals surface area contributed by atoms with E-state index in [0.29, 0.717) is 12.1 Å². The molecular formula is C16H12F2N2O. The lowest BCUT2D eigenvalue weighted by atomic mass is 10.1. The Labute approximate surface area is 121 Å². The average molecular weight is 286 g/mol. The molecule has 1 amide bonds. The van der Waals surface area contributed by atoms with Gasteiger partial charge in [-0.25, -0.2) is 8.78 Å². The van der Waals surface area contributed by atoms with Crippen LogP contribution in [0.15, 0.2) is 42.5 Å². The molecule has 106 valence electrons. The Morgan fingerprint density at radius 2 is 1.81 bits per heavy atom. The molecule has 2 aromatic carbocycles. The number of carbonyl (C=O) groups excluding carboxylic acids is 1. The van der Waals surface area contributed by atoms with Gasteiger partial charge in [0.1, 0.15) is 0 Å². The maximum Gasteiger partial charge on any atom is 0.254 e. The molecule has 0 atom stereocenters. The Morgan fingerprint density at radius 3 is 2.38 bits per heavy atom. The van der Waals surface area contributed by atoms with Crippen LogP contribution >= 0.6 is 0 Å². The van der Waals surface area contributed by atoms with E-state index < -0.39 is 17.5 Å². The normalized spacial score (nSPS) is 10.0. The summed E-state index contributed by atoms with van der Waals surface area (Å²) in [7, 11) is 1.57. The summed E-state index contributed by atoms with van der Waals surface area (Å²) in [6, 6.07) is 11.9. The second-order valence-electron chi connectivity index (χ2n) is 4.60. The number of carbonyl (C=O) groups is 1. The maximum atomic E-state index is 13.1. The number of halogens is 2. The van der Waals surface area contributed by atoms with E-state index in [1.54, 1.807) is 31.3 Å². The van der Waals surface area contributed by atoms with Gasteiger partial charge < -0.3 is 4.90 Å². The van der Waals surface area contributed by atoms with Crippen molar-refractivity contribution in [1.82, 2.24) is 4.90 Å². The summed E-state index contributed by atoms with van der Waals surface area (Å²) in [5.41, 5.74) is 1.46. The summed E-state index contributed by atoms with van der Waals surface area (Å²) in [6.45, 7) is 0.309. The van der Waals surface area contributed by atoms with Crippen LogP contribution in [0.5, 0.6) is 0 Å². The zero-order valence-electron chi connectivity index (χ0n) is 11.3. The van der Waals surface area contributed by atoms with E-state index in [2.05, 4.69) is 0 Å². The number of benzene rings is 2. The van der Waals surface area contributed by atoms with Crippen LogP contribution in [0.2, 0.25) is 0 Å². The number of hydrogen-bond acceptors (Lipinski definition) is 2. The Bertz CT molecular complexity index is 705. The van der Waals surface area contributed by atoms with Gasteiger partial charge in [0.15, 0.2) is 11.6 Å². The van der Waals surface area contributed by atoms with Crippen LogP contribution in [0.25, 0.3) is 0 Å². The Kier molecular flexibility index (Phi) is 4.29. The van der Waals surface area contributed by atoms with Gasteiger partial charge in [0.05, 0.1) is 11.6 Å². The first-order valence-corrected chi connectivity index (χ1v) is 6.21. The molecule has 0 aliphatic rings. The van der Waals surface area contributed by atoms with Crippen molar-refractivity contribution < 1.29 is 13.6 Å². The number of hydrogen-bond donors (Lipinski definition) is 0. The third kappa shape index (κ3) is 3.42. The quantitative estimate of drug-likeness (QED) is 0.870. The van der Waals surface area contributed by atoms with Crippen LogP contribution in [-0.4, -0.2) is 17.9 Å². The predicted molar refractivity (Wildman–Crippen MR) is 73.3 cm³/mol. The van der Waals surface area contributed by atoms with Crippen LogP contribution in [0.3, 0.4) is 0 Å². The molecule has 21 heavy (non-hydrogen) atoms. The molecule has 0 spiro atoms. The molecule has 0 radical (unpaired) electrons. The first-order chi connectivity index (χ1) is 10.0. The molecule has 0 bridgehead atoms. The van der Waals surface area contributed by atoms with Gasteiger partial charge in [-0.1, -0.05) is 12.1 Å². The van der Waals surface area contributed by atoms with Crippen molar-refractivity contribution in [3.63, 3.8) is 0 Å². The highest BCUT2D eigenvalue weighted by molar-refractivity contribution is 5.94. The molecule has 0 heterocycles. The van der Waals surface area contributed by atoms with Crippen LogP contribution in [0.4, 0.5) is 8.78 Å². The zero-order valence-corrected chi connectivity index (χ0v) is 11.3. The highest BCUT2D eigenvalue weighted by Crippen LogP contribution is 2.13. The van der Waals surface area contributed by atoms with Gasteiger partial charge in [0, 0.05) is 19.2 Å². The molecule has 0 saturated carbocycles. The molecule has 2 rings (SSSR count). The summed E-state index contributed by atoms with van der Waals surface area (Å²) >= 11 is 0. The molecule has 0 aliphatic heterocycles. The van der Waals surface area contributed by atoms with Crippen LogP contribution in [0, 0.1) is 23.0 Å². The first-order valence-electron chi connectivity index (χ1n) is 6.21. The van der Waals surface area contributed by atoms with Crippen molar-refractivity contribution >= 4 is 5.91 Å². The fourth-order valence-corrected chi connectivity index (χ4v) is 1.88. The van der Waals surface area contributed by atoms with E-state index in [9.17, 15) is 13.6 Å². The standard InChI is InChI=1S/C16H12F2N2O/c1-20(10-12-4-2-11(9-19)3-5-12)16(21)13-6-7-14(17)15(18)8-13/h2-8H,10H2,1H3. The van der Waals surface area contributed by atoms with E-state index in [1.165, 1.54) is 11.0 Å². The molecule has 3 nitrogen and oxygen atoms in total. The Hall–Kier alpha value is -2.74. The lowest BCUT2D eigenvalue weighted by Gasteiger charge is -2.17. The largest absolute Gasteiger partial charge is 0.337 e. The minimum atomic E-state index is -1.05. The average Bonchev–Trinajstić information content (AvgIpc) is 2.50. The van der Waals surface area contributed by atoms with E-state index in [1.807, 2.05) is 6.07 Å². The lowest BCUT2D eigenvalue weighted by Crippen LogP contribution is -2.26. The number of rotatable bonds is 3. The van der Waals surface area contributed by atoms with Crippen molar-refractivity contribution in [2.75, 3.05) is 7.05 Å². The molecule has 5 heteroatoms. The Morgan fingerprint density at radius 1 is 1.14 bits per heavy atom. The van der Waals surface area contributed by atoms with Crippen LogP contribution < -0.4 is 0 Å². The van der Waals surface area contributed by atoms with Crippen molar-refractivity contribution in [2.45, 2.75) is 6.54 Å². The van der Waals surface area contributed by atoms with Gasteiger partial charge in [0.2, 0.25) is 0 Å².